The van der Waals surface area contributed by atoms with E-state index in [1.165, 1.54) is 11.3 Å². The lowest BCUT2D eigenvalue weighted by Gasteiger charge is -2.10. The van der Waals surface area contributed by atoms with Gasteiger partial charge in [0.05, 0.1) is 0 Å². The summed E-state index contributed by atoms with van der Waals surface area (Å²) in [5, 5.41) is 3.45. The molecule has 0 fully saturated rings. The SMILES string of the molecule is CC(C)c1cccc(NCCc2ccccn2)c1. The predicted molar refractivity (Wildman–Crippen MR) is 77.0 cm³/mol. The minimum absolute atomic E-state index is 0.572. The van der Waals surface area contributed by atoms with Crippen LogP contribution in [0.1, 0.15) is 31.0 Å². The lowest BCUT2D eigenvalue weighted by atomic mass is 10.0. The van der Waals surface area contributed by atoms with Crippen LogP contribution in [0.5, 0.6) is 0 Å². The molecule has 1 N–H and O–H groups in total. The van der Waals surface area contributed by atoms with Crippen LogP contribution in [-0.2, 0) is 6.42 Å². The second-order valence-electron chi connectivity index (χ2n) is 4.78. The first-order valence-electron chi connectivity index (χ1n) is 6.49. The van der Waals surface area contributed by atoms with Gasteiger partial charge in [-0.15, -0.1) is 0 Å². The Morgan fingerprint density at radius 1 is 1.11 bits per heavy atom. The fourth-order valence-corrected chi connectivity index (χ4v) is 1.89. The van der Waals surface area contributed by atoms with Crippen molar-refractivity contribution >= 4 is 5.69 Å². The minimum Gasteiger partial charge on any atom is -0.385 e. The van der Waals surface area contributed by atoms with E-state index in [4.69, 9.17) is 0 Å². The van der Waals surface area contributed by atoms with Crippen molar-refractivity contribution in [2.75, 3.05) is 11.9 Å². The summed E-state index contributed by atoms with van der Waals surface area (Å²) in [7, 11) is 0. The Bertz CT molecular complexity index is 477. The van der Waals surface area contributed by atoms with E-state index in [0.29, 0.717) is 5.92 Å². The molecule has 94 valence electrons. The second kappa shape index (κ2) is 6.20. The molecule has 18 heavy (non-hydrogen) atoms. The summed E-state index contributed by atoms with van der Waals surface area (Å²) in [6.07, 6.45) is 2.79. The predicted octanol–water partition coefficient (Wildman–Crippen LogP) is 3.86. The Morgan fingerprint density at radius 3 is 2.72 bits per heavy atom. The van der Waals surface area contributed by atoms with E-state index in [-0.39, 0.29) is 0 Å². The molecule has 0 aliphatic rings. The molecule has 0 amide bonds. The second-order valence-corrected chi connectivity index (χ2v) is 4.78. The largest absolute Gasteiger partial charge is 0.385 e. The zero-order valence-corrected chi connectivity index (χ0v) is 11.1. The highest BCUT2D eigenvalue weighted by atomic mass is 14.9. The fraction of sp³-hybridized carbons (Fsp3) is 0.312. The molecule has 2 heteroatoms. The molecule has 0 atom stereocenters. The molecular weight excluding hydrogens is 220 g/mol. The van der Waals surface area contributed by atoms with Crippen LogP contribution in [-0.4, -0.2) is 11.5 Å². The molecule has 2 rings (SSSR count). The van der Waals surface area contributed by atoms with E-state index in [1.54, 1.807) is 0 Å². The molecule has 0 aliphatic carbocycles. The van der Waals surface area contributed by atoms with Crippen LogP contribution in [0.3, 0.4) is 0 Å². The number of benzene rings is 1. The molecule has 0 radical (unpaired) electrons. The fourth-order valence-electron chi connectivity index (χ4n) is 1.89. The number of nitrogens with zero attached hydrogens (tertiary/aromatic N) is 1. The molecule has 0 saturated heterocycles. The van der Waals surface area contributed by atoms with Gasteiger partial charge in [0.15, 0.2) is 0 Å². The average molecular weight is 240 g/mol. The highest BCUT2D eigenvalue weighted by molar-refractivity contribution is 5.46. The third kappa shape index (κ3) is 3.59. The van der Waals surface area contributed by atoms with Crippen molar-refractivity contribution in [3.63, 3.8) is 0 Å². The molecule has 0 bridgehead atoms. The third-order valence-corrected chi connectivity index (χ3v) is 2.99. The zero-order valence-electron chi connectivity index (χ0n) is 11.1. The van der Waals surface area contributed by atoms with E-state index < -0.39 is 0 Å². The Labute approximate surface area is 109 Å². The van der Waals surface area contributed by atoms with Gasteiger partial charge in [0.25, 0.3) is 0 Å². The summed E-state index contributed by atoms with van der Waals surface area (Å²) in [6.45, 7) is 5.35. The van der Waals surface area contributed by atoms with Gasteiger partial charge in [-0.3, -0.25) is 4.98 Å². The summed E-state index contributed by atoms with van der Waals surface area (Å²) >= 11 is 0. The lowest BCUT2D eigenvalue weighted by molar-refractivity contribution is 0.866. The van der Waals surface area contributed by atoms with E-state index in [9.17, 15) is 0 Å². The summed E-state index contributed by atoms with van der Waals surface area (Å²) < 4.78 is 0. The molecule has 0 unspecified atom stereocenters. The van der Waals surface area contributed by atoms with Crippen LogP contribution < -0.4 is 5.32 Å². The number of anilines is 1. The van der Waals surface area contributed by atoms with Gasteiger partial charge in [-0.2, -0.15) is 0 Å². The van der Waals surface area contributed by atoms with Gasteiger partial charge < -0.3 is 5.32 Å². The minimum atomic E-state index is 0.572. The van der Waals surface area contributed by atoms with Gasteiger partial charge in [0.2, 0.25) is 0 Å². The number of hydrogen-bond acceptors (Lipinski definition) is 2. The quantitative estimate of drug-likeness (QED) is 0.858. The van der Waals surface area contributed by atoms with E-state index in [2.05, 4.69) is 54.5 Å². The smallest absolute Gasteiger partial charge is 0.0421 e. The molecule has 0 spiro atoms. The number of nitrogens with one attached hydrogen (secondary N) is 1. The molecular formula is C16H20N2. The summed E-state index contributed by atoms with van der Waals surface area (Å²) in [6, 6.07) is 14.7. The molecule has 2 aromatic rings. The first-order chi connectivity index (χ1) is 8.75. The zero-order chi connectivity index (χ0) is 12.8. The standard InChI is InChI=1S/C16H20N2/c1-13(2)14-6-5-8-16(12-14)18-11-9-15-7-3-4-10-17-15/h3-8,10,12-13,18H,9,11H2,1-2H3. The van der Waals surface area contributed by atoms with Crippen molar-refractivity contribution in [1.29, 1.82) is 0 Å². The van der Waals surface area contributed by atoms with Crippen molar-refractivity contribution in [3.8, 4) is 0 Å². The number of hydrogen-bond donors (Lipinski definition) is 1. The van der Waals surface area contributed by atoms with Crippen molar-refractivity contribution in [2.24, 2.45) is 0 Å². The maximum atomic E-state index is 4.32. The van der Waals surface area contributed by atoms with Gasteiger partial charge >= 0.3 is 0 Å². The number of rotatable bonds is 5. The average Bonchev–Trinajstić information content (AvgIpc) is 2.40. The summed E-state index contributed by atoms with van der Waals surface area (Å²) in [4.78, 5) is 4.32. The monoisotopic (exact) mass is 240 g/mol. The first kappa shape index (κ1) is 12.6. The van der Waals surface area contributed by atoms with Gasteiger partial charge in [0, 0.05) is 30.5 Å². The molecule has 2 nitrogen and oxygen atoms in total. The molecule has 0 saturated carbocycles. The Balaban J connectivity index is 1.89. The molecule has 1 heterocycles. The lowest BCUT2D eigenvalue weighted by Crippen LogP contribution is -2.06. The van der Waals surface area contributed by atoms with E-state index >= 15 is 0 Å². The number of pyridine rings is 1. The van der Waals surface area contributed by atoms with Gasteiger partial charge in [-0.1, -0.05) is 32.0 Å². The molecule has 0 aliphatic heterocycles. The maximum absolute atomic E-state index is 4.32. The van der Waals surface area contributed by atoms with Crippen LogP contribution in [0.15, 0.2) is 48.7 Å². The van der Waals surface area contributed by atoms with Crippen LogP contribution in [0, 0.1) is 0 Å². The van der Waals surface area contributed by atoms with Crippen LogP contribution in [0.4, 0.5) is 5.69 Å². The maximum Gasteiger partial charge on any atom is 0.0421 e. The van der Waals surface area contributed by atoms with Crippen LogP contribution >= 0.6 is 0 Å². The molecule has 1 aromatic carbocycles. The molecule has 1 aromatic heterocycles. The highest BCUT2D eigenvalue weighted by Gasteiger charge is 2.00. The van der Waals surface area contributed by atoms with Crippen LogP contribution in [0.2, 0.25) is 0 Å². The topological polar surface area (TPSA) is 24.9 Å². The van der Waals surface area contributed by atoms with Crippen molar-refractivity contribution in [3.05, 3.63) is 59.9 Å². The van der Waals surface area contributed by atoms with Gasteiger partial charge in [0.1, 0.15) is 0 Å². The Hall–Kier alpha value is -1.83. The summed E-state index contributed by atoms with van der Waals surface area (Å²) in [5.41, 5.74) is 3.69. The van der Waals surface area contributed by atoms with Gasteiger partial charge in [-0.25, -0.2) is 0 Å². The van der Waals surface area contributed by atoms with Crippen molar-refractivity contribution in [1.82, 2.24) is 4.98 Å². The van der Waals surface area contributed by atoms with E-state index in [0.717, 1.165) is 18.7 Å². The highest BCUT2D eigenvalue weighted by Crippen LogP contribution is 2.18. The normalized spacial score (nSPS) is 10.6. The Morgan fingerprint density at radius 2 is 2.00 bits per heavy atom. The van der Waals surface area contributed by atoms with Crippen molar-refractivity contribution in [2.45, 2.75) is 26.2 Å². The van der Waals surface area contributed by atoms with Gasteiger partial charge in [-0.05, 0) is 35.7 Å². The third-order valence-electron chi connectivity index (χ3n) is 2.99. The van der Waals surface area contributed by atoms with Crippen LogP contribution in [0.25, 0.3) is 0 Å². The number of aromatic nitrogens is 1. The van der Waals surface area contributed by atoms with E-state index in [1.807, 2.05) is 18.3 Å². The van der Waals surface area contributed by atoms with Crippen molar-refractivity contribution < 1.29 is 0 Å². The first-order valence-corrected chi connectivity index (χ1v) is 6.49. The summed E-state index contributed by atoms with van der Waals surface area (Å²) in [5.74, 6) is 0.572. The Kier molecular flexibility index (Phi) is 4.35.